The lowest BCUT2D eigenvalue weighted by molar-refractivity contribution is -0.136. The zero-order valence-electron chi connectivity index (χ0n) is 16.6. The Kier molecular flexibility index (Phi) is 4.89. The summed E-state index contributed by atoms with van der Waals surface area (Å²) in [5.41, 5.74) is 2.59. The van der Waals surface area contributed by atoms with Gasteiger partial charge in [-0.3, -0.25) is 9.69 Å². The molecule has 5 rings (SSSR count). The van der Waals surface area contributed by atoms with Crippen LogP contribution in [0.25, 0.3) is 10.9 Å². The van der Waals surface area contributed by atoms with E-state index in [1.807, 2.05) is 6.20 Å². The Morgan fingerprint density at radius 1 is 1.21 bits per heavy atom. The summed E-state index contributed by atoms with van der Waals surface area (Å²) in [7, 11) is 0. The van der Waals surface area contributed by atoms with Gasteiger partial charge in [0, 0.05) is 50.4 Å². The van der Waals surface area contributed by atoms with E-state index >= 15 is 0 Å². The lowest BCUT2D eigenvalue weighted by Crippen LogP contribution is -2.49. The van der Waals surface area contributed by atoms with E-state index in [2.05, 4.69) is 39.5 Å². The van der Waals surface area contributed by atoms with Gasteiger partial charge in [0.1, 0.15) is 0 Å². The fraction of sp³-hybridized carbons (Fsp3) is 0.609. The number of amides is 1. The lowest BCUT2D eigenvalue weighted by atomic mass is 9.78. The van der Waals surface area contributed by atoms with Crippen molar-refractivity contribution < 1.29 is 9.53 Å². The normalized spacial score (nSPS) is 25.2. The zero-order valence-corrected chi connectivity index (χ0v) is 16.6. The van der Waals surface area contributed by atoms with E-state index in [9.17, 15) is 4.79 Å². The Morgan fingerprint density at radius 2 is 2.07 bits per heavy atom. The number of fused-ring (bicyclic) bond motifs is 1. The van der Waals surface area contributed by atoms with Crippen LogP contribution in [-0.4, -0.2) is 47.1 Å². The number of hydrogen-bond acceptors (Lipinski definition) is 3. The average Bonchev–Trinajstić information content (AvgIpc) is 3.37. The maximum Gasteiger partial charge on any atom is 0.220 e. The number of hydrogen-bond donors (Lipinski definition) is 2. The van der Waals surface area contributed by atoms with Gasteiger partial charge in [0.2, 0.25) is 5.91 Å². The van der Waals surface area contributed by atoms with Gasteiger partial charge >= 0.3 is 0 Å². The Bertz CT molecular complexity index is 833. The number of aromatic amines is 1. The molecule has 150 valence electrons. The van der Waals surface area contributed by atoms with Gasteiger partial charge < -0.3 is 15.0 Å². The third kappa shape index (κ3) is 4.11. The van der Waals surface area contributed by atoms with Crippen molar-refractivity contribution in [3.63, 3.8) is 0 Å². The molecule has 5 nitrogen and oxygen atoms in total. The van der Waals surface area contributed by atoms with Gasteiger partial charge in [-0.05, 0) is 67.5 Å². The van der Waals surface area contributed by atoms with Gasteiger partial charge in [0.05, 0.1) is 5.60 Å². The highest BCUT2D eigenvalue weighted by Gasteiger charge is 2.40. The van der Waals surface area contributed by atoms with Gasteiger partial charge in [-0.1, -0.05) is 12.1 Å². The Hall–Kier alpha value is -1.85. The van der Waals surface area contributed by atoms with Crippen LogP contribution in [0.15, 0.2) is 30.5 Å². The molecule has 3 aliphatic rings. The van der Waals surface area contributed by atoms with Gasteiger partial charge in [-0.2, -0.15) is 0 Å². The van der Waals surface area contributed by atoms with Crippen molar-refractivity contribution in [2.45, 2.75) is 63.1 Å². The first-order chi connectivity index (χ1) is 13.7. The topological polar surface area (TPSA) is 57.4 Å². The summed E-state index contributed by atoms with van der Waals surface area (Å²) in [6, 6.07) is 9.30. The van der Waals surface area contributed by atoms with Crippen molar-refractivity contribution in [1.82, 2.24) is 15.2 Å². The molecule has 3 heterocycles. The number of aromatic nitrogens is 1. The molecule has 2 aromatic rings. The number of carbonyl (C=O) groups excluding carboxylic acids is 1. The maximum absolute atomic E-state index is 12.2. The van der Waals surface area contributed by atoms with Crippen LogP contribution in [0.4, 0.5) is 0 Å². The summed E-state index contributed by atoms with van der Waals surface area (Å²) >= 11 is 0. The molecular weight excluding hydrogens is 350 g/mol. The van der Waals surface area contributed by atoms with E-state index < -0.39 is 0 Å². The van der Waals surface area contributed by atoms with Crippen molar-refractivity contribution in [2.75, 3.05) is 19.7 Å². The van der Waals surface area contributed by atoms with E-state index in [0.29, 0.717) is 18.4 Å². The molecule has 5 heteroatoms. The largest absolute Gasteiger partial charge is 0.375 e. The van der Waals surface area contributed by atoms with Crippen molar-refractivity contribution in [1.29, 1.82) is 0 Å². The second kappa shape index (κ2) is 7.53. The molecule has 1 aromatic carbocycles. The van der Waals surface area contributed by atoms with Gasteiger partial charge in [0.25, 0.3) is 0 Å². The molecule has 1 saturated carbocycles. The quantitative estimate of drug-likeness (QED) is 0.832. The molecule has 1 unspecified atom stereocenters. The van der Waals surface area contributed by atoms with E-state index in [1.54, 1.807) is 0 Å². The predicted molar refractivity (Wildman–Crippen MR) is 110 cm³/mol. The number of rotatable bonds is 5. The molecule has 2 saturated heterocycles. The maximum atomic E-state index is 12.2. The standard InChI is InChI=1S/C23H31N3O2/c27-22(25-20-3-4-20)14-17-6-12-28-23(15-17)7-10-26(11-8-23)16-18-1-2-19-5-9-24-21(19)13-18/h1-2,5,9,13,17,20,24H,3-4,6-8,10-12,14-16H2,(H,25,27). The fourth-order valence-corrected chi connectivity index (χ4v) is 5.00. The SMILES string of the molecule is O=C(CC1CCOC2(CCN(Cc3ccc4cc[nH]c4c3)CC2)C1)NC1CC1. The third-order valence-electron chi connectivity index (χ3n) is 6.80. The molecule has 0 radical (unpaired) electrons. The monoisotopic (exact) mass is 381 g/mol. The lowest BCUT2D eigenvalue weighted by Gasteiger charge is -2.46. The van der Waals surface area contributed by atoms with Crippen LogP contribution in [0.3, 0.4) is 0 Å². The van der Waals surface area contributed by atoms with E-state index in [-0.39, 0.29) is 11.5 Å². The van der Waals surface area contributed by atoms with Crippen LogP contribution in [0.2, 0.25) is 0 Å². The molecule has 2 N–H and O–H groups in total. The first-order valence-corrected chi connectivity index (χ1v) is 10.9. The van der Waals surface area contributed by atoms with E-state index in [0.717, 1.165) is 64.8 Å². The molecule has 0 bridgehead atoms. The Morgan fingerprint density at radius 3 is 2.89 bits per heavy atom. The third-order valence-corrected chi connectivity index (χ3v) is 6.80. The number of nitrogens with one attached hydrogen (secondary N) is 2. The second-order valence-corrected chi connectivity index (χ2v) is 9.11. The van der Waals surface area contributed by atoms with E-state index in [4.69, 9.17) is 4.74 Å². The van der Waals surface area contributed by atoms with Crippen molar-refractivity contribution in [3.05, 3.63) is 36.0 Å². The zero-order chi connectivity index (χ0) is 19.0. The number of carbonyl (C=O) groups is 1. The summed E-state index contributed by atoms with van der Waals surface area (Å²) in [4.78, 5) is 18.1. The molecule has 1 aromatic heterocycles. The van der Waals surface area contributed by atoms with Crippen molar-refractivity contribution in [3.8, 4) is 0 Å². The number of ether oxygens (including phenoxy) is 1. The molecule has 3 fully saturated rings. The molecule has 1 aliphatic carbocycles. The summed E-state index contributed by atoms with van der Waals surface area (Å²) in [6.45, 7) is 3.95. The van der Waals surface area contributed by atoms with Crippen LogP contribution < -0.4 is 5.32 Å². The highest BCUT2D eigenvalue weighted by atomic mass is 16.5. The van der Waals surface area contributed by atoms with E-state index in [1.165, 1.54) is 16.5 Å². The molecule has 1 amide bonds. The van der Waals surface area contributed by atoms with Gasteiger partial charge in [-0.15, -0.1) is 0 Å². The average molecular weight is 382 g/mol. The first kappa shape index (κ1) is 18.2. The van der Waals surface area contributed by atoms with Gasteiger partial charge in [-0.25, -0.2) is 0 Å². The van der Waals surface area contributed by atoms with Crippen LogP contribution in [0, 0.1) is 5.92 Å². The Labute approximate surface area is 166 Å². The number of likely N-dealkylation sites (tertiary alicyclic amines) is 1. The smallest absolute Gasteiger partial charge is 0.220 e. The summed E-state index contributed by atoms with van der Waals surface area (Å²) in [6.07, 6.45) is 9.25. The van der Waals surface area contributed by atoms with Crippen LogP contribution >= 0.6 is 0 Å². The number of H-pyrrole nitrogens is 1. The van der Waals surface area contributed by atoms with Crippen LogP contribution in [0.5, 0.6) is 0 Å². The second-order valence-electron chi connectivity index (χ2n) is 9.11. The molecule has 2 aliphatic heterocycles. The minimum atomic E-state index is 0.00267. The predicted octanol–water partition coefficient (Wildman–Crippen LogP) is 3.60. The minimum Gasteiger partial charge on any atom is -0.375 e. The molecule has 28 heavy (non-hydrogen) atoms. The summed E-state index contributed by atoms with van der Waals surface area (Å²) in [5.74, 6) is 0.732. The van der Waals surface area contributed by atoms with Crippen LogP contribution in [-0.2, 0) is 16.1 Å². The molecular formula is C23H31N3O2. The highest BCUT2D eigenvalue weighted by molar-refractivity contribution is 5.79. The minimum absolute atomic E-state index is 0.00267. The fourth-order valence-electron chi connectivity index (χ4n) is 5.00. The highest BCUT2D eigenvalue weighted by Crippen LogP contribution is 2.39. The first-order valence-electron chi connectivity index (χ1n) is 10.9. The number of piperidine rings is 1. The number of nitrogens with zero attached hydrogens (tertiary/aromatic N) is 1. The van der Waals surface area contributed by atoms with Gasteiger partial charge in [0.15, 0.2) is 0 Å². The summed E-state index contributed by atoms with van der Waals surface area (Å²) in [5, 5.41) is 4.42. The summed E-state index contributed by atoms with van der Waals surface area (Å²) < 4.78 is 6.29. The molecule has 1 atom stereocenters. The Balaban J connectivity index is 1.14. The van der Waals surface area contributed by atoms with Crippen molar-refractivity contribution >= 4 is 16.8 Å². The van der Waals surface area contributed by atoms with Crippen molar-refractivity contribution in [2.24, 2.45) is 5.92 Å². The van der Waals surface area contributed by atoms with Crippen LogP contribution in [0.1, 0.15) is 50.5 Å². The molecule has 1 spiro atoms. The number of benzene rings is 1.